The van der Waals surface area contributed by atoms with E-state index < -0.39 is 0 Å². The summed E-state index contributed by atoms with van der Waals surface area (Å²) in [6.07, 6.45) is 8.39. The van der Waals surface area contributed by atoms with Gasteiger partial charge < -0.3 is 5.73 Å². The fraction of sp³-hybridized carbons (Fsp3) is 1.00. The molecule has 2 atom stereocenters. The quantitative estimate of drug-likeness (QED) is 0.738. The van der Waals surface area contributed by atoms with Crippen LogP contribution in [0.2, 0.25) is 0 Å². The normalized spacial score (nSPS) is 25.9. The molecule has 0 aromatic carbocycles. The Morgan fingerprint density at radius 3 is 1.71 bits per heavy atom. The van der Waals surface area contributed by atoms with Gasteiger partial charge in [-0.25, -0.2) is 0 Å². The van der Waals surface area contributed by atoms with Gasteiger partial charge in [0.05, 0.1) is 0 Å². The molecule has 1 aliphatic heterocycles. The molecule has 0 saturated carbocycles. The van der Waals surface area contributed by atoms with Gasteiger partial charge in [0, 0.05) is 12.1 Å². The van der Waals surface area contributed by atoms with Crippen molar-refractivity contribution in [2.24, 2.45) is 5.73 Å². The second kappa shape index (κ2) is 6.41. The zero-order valence-electron chi connectivity index (χ0n) is 9.84. The molecule has 0 aromatic heterocycles. The molecule has 1 fully saturated rings. The predicted molar refractivity (Wildman–Crippen MR) is 62.4 cm³/mol. The Morgan fingerprint density at radius 1 is 0.857 bits per heavy atom. The van der Waals surface area contributed by atoms with Crippen molar-refractivity contribution in [3.63, 3.8) is 0 Å². The fourth-order valence-electron chi connectivity index (χ4n) is 2.19. The Morgan fingerprint density at radius 2 is 1.29 bits per heavy atom. The molecule has 1 rings (SSSR count). The van der Waals surface area contributed by atoms with Crippen LogP contribution >= 0.6 is 0 Å². The van der Waals surface area contributed by atoms with Crippen LogP contribution in [0.4, 0.5) is 0 Å². The first-order chi connectivity index (χ1) is 6.72. The first-order valence-electron chi connectivity index (χ1n) is 6.21. The van der Waals surface area contributed by atoms with Gasteiger partial charge in [0.15, 0.2) is 0 Å². The topological polar surface area (TPSA) is 29.3 Å². The number of hydrogen-bond donors (Lipinski definition) is 1. The van der Waals surface area contributed by atoms with Crippen molar-refractivity contribution in [3.8, 4) is 0 Å². The standard InChI is InChI=1S/C12H26N2/c1-11(13)12(2)14-9-7-5-3-4-6-8-10-14/h11-12H,3-10,13H2,1-2H3. The molecule has 0 amide bonds. The SMILES string of the molecule is CC(N)C(C)N1CCCCCCCC1. The van der Waals surface area contributed by atoms with Crippen molar-refractivity contribution in [2.45, 2.75) is 64.5 Å². The summed E-state index contributed by atoms with van der Waals surface area (Å²) in [6.45, 7) is 6.89. The first-order valence-corrected chi connectivity index (χ1v) is 6.21. The highest BCUT2D eigenvalue weighted by atomic mass is 15.2. The third kappa shape index (κ3) is 3.97. The zero-order chi connectivity index (χ0) is 10.4. The highest BCUT2D eigenvalue weighted by Crippen LogP contribution is 2.13. The third-order valence-corrected chi connectivity index (χ3v) is 3.48. The second-order valence-electron chi connectivity index (χ2n) is 4.76. The minimum atomic E-state index is 0.302. The summed E-state index contributed by atoms with van der Waals surface area (Å²) in [7, 11) is 0. The van der Waals surface area contributed by atoms with Crippen LogP contribution in [0, 0.1) is 0 Å². The Kier molecular flexibility index (Phi) is 5.49. The highest BCUT2D eigenvalue weighted by molar-refractivity contribution is 4.75. The smallest absolute Gasteiger partial charge is 0.0216 e. The van der Waals surface area contributed by atoms with Gasteiger partial charge in [-0.1, -0.05) is 25.7 Å². The molecule has 0 radical (unpaired) electrons. The highest BCUT2D eigenvalue weighted by Gasteiger charge is 2.17. The molecule has 0 spiro atoms. The van der Waals surface area contributed by atoms with E-state index in [2.05, 4.69) is 18.7 Å². The number of nitrogens with two attached hydrogens (primary N) is 1. The van der Waals surface area contributed by atoms with E-state index in [0.717, 1.165) is 0 Å². The second-order valence-corrected chi connectivity index (χ2v) is 4.76. The van der Waals surface area contributed by atoms with Gasteiger partial charge in [-0.2, -0.15) is 0 Å². The molecule has 1 heterocycles. The van der Waals surface area contributed by atoms with E-state index in [0.29, 0.717) is 12.1 Å². The van der Waals surface area contributed by atoms with Crippen molar-refractivity contribution >= 4 is 0 Å². The summed E-state index contributed by atoms with van der Waals surface area (Å²) in [5.74, 6) is 0. The van der Waals surface area contributed by atoms with Crippen LogP contribution in [0.1, 0.15) is 52.4 Å². The summed E-state index contributed by atoms with van der Waals surface area (Å²) in [5.41, 5.74) is 5.95. The van der Waals surface area contributed by atoms with E-state index >= 15 is 0 Å². The van der Waals surface area contributed by atoms with Crippen LogP contribution in [0.15, 0.2) is 0 Å². The van der Waals surface area contributed by atoms with Crippen LogP contribution in [0.5, 0.6) is 0 Å². The van der Waals surface area contributed by atoms with Crippen molar-refractivity contribution in [1.29, 1.82) is 0 Å². The molecule has 0 aliphatic carbocycles. The molecule has 2 unspecified atom stereocenters. The number of hydrogen-bond acceptors (Lipinski definition) is 2. The van der Waals surface area contributed by atoms with Gasteiger partial charge in [0.25, 0.3) is 0 Å². The van der Waals surface area contributed by atoms with Gasteiger partial charge in [0.2, 0.25) is 0 Å². The lowest BCUT2D eigenvalue weighted by Gasteiger charge is -2.31. The lowest BCUT2D eigenvalue weighted by molar-refractivity contribution is 0.185. The van der Waals surface area contributed by atoms with E-state index in [9.17, 15) is 0 Å². The van der Waals surface area contributed by atoms with Crippen LogP contribution in [-0.4, -0.2) is 30.1 Å². The third-order valence-electron chi connectivity index (χ3n) is 3.48. The monoisotopic (exact) mass is 198 g/mol. The van der Waals surface area contributed by atoms with E-state index in [-0.39, 0.29) is 0 Å². The molecule has 2 nitrogen and oxygen atoms in total. The van der Waals surface area contributed by atoms with Gasteiger partial charge in [0.1, 0.15) is 0 Å². The molecule has 0 aromatic rings. The molecule has 14 heavy (non-hydrogen) atoms. The van der Waals surface area contributed by atoms with Gasteiger partial charge in [-0.05, 0) is 39.8 Å². The maximum Gasteiger partial charge on any atom is 0.0216 e. The zero-order valence-corrected chi connectivity index (χ0v) is 9.84. The Hall–Kier alpha value is -0.0800. The fourth-order valence-corrected chi connectivity index (χ4v) is 2.19. The van der Waals surface area contributed by atoms with E-state index in [4.69, 9.17) is 5.73 Å². The summed E-state index contributed by atoms with van der Waals surface area (Å²) < 4.78 is 0. The first kappa shape index (κ1) is 12.0. The van der Waals surface area contributed by atoms with Crippen LogP contribution in [0.25, 0.3) is 0 Å². The average Bonchev–Trinajstić information content (AvgIpc) is 2.29. The molecule has 0 bridgehead atoms. The lowest BCUT2D eigenvalue weighted by atomic mass is 10.1. The molecule has 2 N–H and O–H groups in total. The Labute approximate surface area is 88.8 Å². The Balaban J connectivity index is 2.39. The minimum Gasteiger partial charge on any atom is -0.327 e. The van der Waals surface area contributed by atoms with Crippen LogP contribution in [-0.2, 0) is 0 Å². The largest absolute Gasteiger partial charge is 0.327 e. The van der Waals surface area contributed by atoms with Crippen molar-refractivity contribution in [3.05, 3.63) is 0 Å². The summed E-state index contributed by atoms with van der Waals surface area (Å²) in [4.78, 5) is 2.58. The molecule has 2 heteroatoms. The van der Waals surface area contributed by atoms with Crippen molar-refractivity contribution in [1.82, 2.24) is 4.90 Å². The maximum absolute atomic E-state index is 5.95. The van der Waals surface area contributed by atoms with Crippen LogP contribution < -0.4 is 5.73 Å². The van der Waals surface area contributed by atoms with Crippen molar-refractivity contribution < 1.29 is 0 Å². The lowest BCUT2D eigenvalue weighted by Crippen LogP contribution is -2.45. The van der Waals surface area contributed by atoms with Crippen molar-refractivity contribution in [2.75, 3.05) is 13.1 Å². The molecule has 1 aliphatic rings. The summed E-state index contributed by atoms with van der Waals surface area (Å²) in [5, 5.41) is 0. The minimum absolute atomic E-state index is 0.302. The van der Waals surface area contributed by atoms with Gasteiger partial charge >= 0.3 is 0 Å². The predicted octanol–water partition coefficient (Wildman–Crippen LogP) is 2.38. The van der Waals surface area contributed by atoms with Gasteiger partial charge in [-0.3, -0.25) is 4.90 Å². The van der Waals surface area contributed by atoms with E-state index in [1.165, 1.54) is 51.6 Å². The van der Waals surface area contributed by atoms with E-state index in [1.54, 1.807) is 0 Å². The van der Waals surface area contributed by atoms with Crippen LogP contribution in [0.3, 0.4) is 0 Å². The summed E-state index contributed by atoms with van der Waals surface area (Å²) >= 11 is 0. The maximum atomic E-state index is 5.95. The van der Waals surface area contributed by atoms with E-state index in [1.807, 2.05) is 0 Å². The molecular formula is C12H26N2. The number of nitrogens with zero attached hydrogens (tertiary/aromatic N) is 1. The molecule has 1 saturated heterocycles. The summed E-state index contributed by atoms with van der Waals surface area (Å²) in [6, 6.07) is 0.851. The Bertz CT molecular complexity index is 135. The molecular weight excluding hydrogens is 172 g/mol. The van der Waals surface area contributed by atoms with Gasteiger partial charge in [-0.15, -0.1) is 0 Å². The molecule has 84 valence electrons. The number of rotatable bonds is 2. The average molecular weight is 198 g/mol.